The zero-order chi connectivity index (χ0) is 11.6. The lowest BCUT2D eigenvalue weighted by molar-refractivity contribution is -0.148. The minimum absolute atomic E-state index is 0.0478. The molecule has 0 amide bonds. The molecule has 0 aliphatic carbocycles. The number of alkyl halides is 3. The van der Waals surface area contributed by atoms with Gasteiger partial charge in [-0.1, -0.05) is 29.8 Å². The number of aryl methyl sites for hydroxylation is 1. The van der Waals surface area contributed by atoms with Gasteiger partial charge in [-0.15, -0.1) is 0 Å². The van der Waals surface area contributed by atoms with E-state index in [2.05, 4.69) is 0 Å². The summed E-state index contributed by atoms with van der Waals surface area (Å²) < 4.78 is 37.7. The van der Waals surface area contributed by atoms with Gasteiger partial charge < -0.3 is 5.73 Å². The van der Waals surface area contributed by atoms with E-state index in [-0.39, 0.29) is 10.6 Å². The van der Waals surface area contributed by atoms with E-state index in [1.165, 1.54) is 6.07 Å². The van der Waals surface area contributed by atoms with Crippen LogP contribution in [0, 0.1) is 6.92 Å². The van der Waals surface area contributed by atoms with Crippen molar-refractivity contribution in [3.8, 4) is 0 Å². The molecule has 0 bridgehead atoms. The van der Waals surface area contributed by atoms with Crippen LogP contribution >= 0.6 is 11.6 Å². The molecule has 0 saturated heterocycles. The molecule has 1 aromatic rings. The Morgan fingerprint density at radius 1 is 1.40 bits per heavy atom. The van der Waals surface area contributed by atoms with E-state index < -0.39 is 18.6 Å². The zero-order valence-corrected chi connectivity index (χ0v) is 8.86. The van der Waals surface area contributed by atoms with Crippen LogP contribution in [-0.2, 0) is 0 Å². The van der Waals surface area contributed by atoms with Gasteiger partial charge in [-0.3, -0.25) is 0 Å². The van der Waals surface area contributed by atoms with Crippen LogP contribution in [0.25, 0.3) is 0 Å². The SMILES string of the molecule is Cc1cccc(C(CN)C(F)(F)F)c1Cl. The van der Waals surface area contributed by atoms with Crippen molar-refractivity contribution < 1.29 is 13.2 Å². The third-order valence-electron chi connectivity index (χ3n) is 2.23. The Balaban J connectivity index is 3.19. The van der Waals surface area contributed by atoms with Gasteiger partial charge in [-0.05, 0) is 18.1 Å². The van der Waals surface area contributed by atoms with Crippen molar-refractivity contribution in [2.24, 2.45) is 5.73 Å². The second-order valence-corrected chi connectivity index (χ2v) is 3.69. The van der Waals surface area contributed by atoms with E-state index in [0.29, 0.717) is 5.56 Å². The van der Waals surface area contributed by atoms with E-state index in [9.17, 15) is 13.2 Å². The molecule has 0 saturated carbocycles. The van der Waals surface area contributed by atoms with E-state index in [1.54, 1.807) is 19.1 Å². The number of halogens is 4. The lowest BCUT2D eigenvalue weighted by Gasteiger charge is -2.20. The molecule has 15 heavy (non-hydrogen) atoms. The molecule has 1 atom stereocenters. The molecule has 0 aromatic heterocycles. The van der Waals surface area contributed by atoms with Gasteiger partial charge in [0, 0.05) is 11.6 Å². The molecule has 0 fully saturated rings. The van der Waals surface area contributed by atoms with Crippen LogP contribution in [0.4, 0.5) is 13.2 Å². The average molecular weight is 238 g/mol. The maximum absolute atomic E-state index is 12.6. The third-order valence-corrected chi connectivity index (χ3v) is 2.74. The molecule has 5 heteroatoms. The lowest BCUT2D eigenvalue weighted by Crippen LogP contribution is -2.28. The normalized spacial score (nSPS) is 14.0. The standard InChI is InChI=1S/C10H11ClF3N/c1-6-3-2-4-7(9(6)11)8(5-15)10(12,13)14/h2-4,8H,5,15H2,1H3. The highest BCUT2D eigenvalue weighted by molar-refractivity contribution is 6.32. The fourth-order valence-electron chi connectivity index (χ4n) is 1.38. The quantitative estimate of drug-likeness (QED) is 0.840. The van der Waals surface area contributed by atoms with Crippen LogP contribution in [0.5, 0.6) is 0 Å². The Morgan fingerprint density at radius 2 is 2.00 bits per heavy atom. The highest BCUT2D eigenvalue weighted by Crippen LogP contribution is 2.38. The van der Waals surface area contributed by atoms with Crippen molar-refractivity contribution in [3.63, 3.8) is 0 Å². The summed E-state index contributed by atoms with van der Waals surface area (Å²) in [6.45, 7) is 1.17. The van der Waals surface area contributed by atoms with Crippen LogP contribution < -0.4 is 5.73 Å². The first-order chi connectivity index (χ1) is 6.88. The first-order valence-corrected chi connectivity index (χ1v) is 4.77. The van der Waals surface area contributed by atoms with Gasteiger partial charge in [0.25, 0.3) is 0 Å². The van der Waals surface area contributed by atoms with Gasteiger partial charge in [0.1, 0.15) is 0 Å². The molecule has 1 nitrogen and oxygen atoms in total. The largest absolute Gasteiger partial charge is 0.397 e. The van der Waals surface area contributed by atoms with E-state index in [4.69, 9.17) is 17.3 Å². The minimum atomic E-state index is -4.35. The molecule has 1 rings (SSSR count). The summed E-state index contributed by atoms with van der Waals surface area (Å²) in [5.41, 5.74) is 5.80. The average Bonchev–Trinajstić information content (AvgIpc) is 2.11. The minimum Gasteiger partial charge on any atom is -0.330 e. The molecular formula is C10H11ClF3N. The number of hydrogen-bond donors (Lipinski definition) is 1. The molecular weight excluding hydrogens is 227 g/mol. The molecule has 0 radical (unpaired) electrons. The molecule has 0 spiro atoms. The first kappa shape index (κ1) is 12.3. The topological polar surface area (TPSA) is 26.0 Å². The van der Waals surface area contributed by atoms with Gasteiger partial charge in [-0.2, -0.15) is 13.2 Å². The summed E-state index contributed by atoms with van der Waals surface area (Å²) in [7, 11) is 0. The highest BCUT2D eigenvalue weighted by Gasteiger charge is 2.40. The van der Waals surface area contributed by atoms with Crippen molar-refractivity contribution in [2.45, 2.75) is 19.0 Å². The van der Waals surface area contributed by atoms with Crippen molar-refractivity contribution in [3.05, 3.63) is 34.3 Å². The van der Waals surface area contributed by atoms with E-state index in [1.807, 2.05) is 0 Å². The molecule has 1 unspecified atom stereocenters. The Labute approximate surface area is 91.0 Å². The smallest absolute Gasteiger partial charge is 0.330 e. The predicted molar refractivity (Wildman–Crippen MR) is 54.0 cm³/mol. The van der Waals surface area contributed by atoms with E-state index in [0.717, 1.165) is 0 Å². The lowest BCUT2D eigenvalue weighted by atomic mass is 9.97. The van der Waals surface area contributed by atoms with Gasteiger partial charge in [0.15, 0.2) is 0 Å². The van der Waals surface area contributed by atoms with Gasteiger partial charge in [-0.25, -0.2) is 0 Å². The van der Waals surface area contributed by atoms with Crippen LogP contribution in [0.3, 0.4) is 0 Å². The maximum atomic E-state index is 12.6. The second-order valence-electron chi connectivity index (χ2n) is 3.31. The van der Waals surface area contributed by atoms with Crippen LogP contribution in [-0.4, -0.2) is 12.7 Å². The summed E-state index contributed by atoms with van der Waals surface area (Å²) in [4.78, 5) is 0. The second kappa shape index (κ2) is 4.41. The van der Waals surface area contributed by atoms with E-state index >= 15 is 0 Å². The highest BCUT2D eigenvalue weighted by atomic mass is 35.5. The van der Waals surface area contributed by atoms with Crippen LogP contribution in [0.15, 0.2) is 18.2 Å². The molecule has 0 aliphatic rings. The zero-order valence-electron chi connectivity index (χ0n) is 8.11. The molecule has 1 aromatic carbocycles. The summed E-state index contributed by atoms with van der Waals surface area (Å²) in [6, 6.07) is 4.57. The third kappa shape index (κ3) is 2.63. The maximum Gasteiger partial charge on any atom is 0.397 e. The van der Waals surface area contributed by atoms with Gasteiger partial charge in [0.05, 0.1) is 5.92 Å². The summed E-state index contributed by atoms with van der Waals surface area (Å²) in [6.07, 6.45) is -4.35. The van der Waals surface area contributed by atoms with Crippen LogP contribution in [0.1, 0.15) is 17.0 Å². The molecule has 0 heterocycles. The molecule has 0 aliphatic heterocycles. The van der Waals surface area contributed by atoms with Crippen molar-refractivity contribution in [1.82, 2.24) is 0 Å². The number of benzene rings is 1. The van der Waals surface area contributed by atoms with Crippen LogP contribution in [0.2, 0.25) is 5.02 Å². The summed E-state index contributed by atoms with van der Waals surface area (Å²) in [5.74, 6) is -1.69. The van der Waals surface area contributed by atoms with Crippen molar-refractivity contribution in [2.75, 3.05) is 6.54 Å². The summed E-state index contributed by atoms with van der Waals surface area (Å²) >= 11 is 5.82. The van der Waals surface area contributed by atoms with Crippen molar-refractivity contribution in [1.29, 1.82) is 0 Å². The first-order valence-electron chi connectivity index (χ1n) is 4.39. The molecule has 84 valence electrons. The predicted octanol–water partition coefficient (Wildman–Crippen LogP) is 3.25. The number of nitrogens with two attached hydrogens (primary N) is 1. The Hall–Kier alpha value is -0.740. The number of rotatable bonds is 2. The Kier molecular flexibility index (Phi) is 3.62. The molecule has 2 N–H and O–H groups in total. The fourth-order valence-corrected chi connectivity index (χ4v) is 1.63. The Morgan fingerprint density at radius 3 is 2.47 bits per heavy atom. The van der Waals surface area contributed by atoms with Gasteiger partial charge in [0.2, 0.25) is 0 Å². The van der Waals surface area contributed by atoms with Crippen molar-refractivity contribution >= 4 is 11.6 Å². The number of hydrogen-bond acceptors (Lipinski definition) is 1. The monoisotopic (exact) mass is 237 g/mol. The Bertz CT molecular complexity index is 349. The fraction of sp³-hybridized carbons (Fsp3) is 0.400. The summed E-state index contributed by atoms with van der Waals surface area (Å²) in [5, 5.41) is 0.144. The van der Waals surface area contributed by atoms with Gasteiger partial charge >= 0.3 is 6.18 Å².